The van der Waals surface area contributed by atoms with Crippen LogP contribution in [0, 0.1) is 0 Å². The highest BCUT2D eigenvalue weighted by atomic mass is 16.5. The monoisotopic (exact) mass is 948 g/mol. The molecule has 2 atom stereocenters. The number of rotatable bonds is 58. The van der Waals surface area contributed by atoms with Gasteiger partial charge in [0.05, 0.1) is 25.4 Å². The predicted molar refractivity (Wildman–Crippen MR) is 292 cm³/mol. The Labute approximate surface area is 419 Å². The van der Waals surface area contributed by atoms with Gasteiger partial charge in [0.1, 0.15) is 0 Å². The van der Waals surface area contributed by atoms with E-state index in [1.807, 2.05) is 0 Å². The molecule has 0 bridgehead atoms. The molecule has 0 aromatic rings. The second-order valence-corrected chi connectivity index (χ2v) is 21.4. The van der Waals surface area contributed by atoms with Crippen molar-refractivity contribution in [3.8, 4) is 0 Å². The van der Waals surface area contributed by atoms with Gasteiger partial charge in [0.15, 0.2) is 0 Å². The van der Waals surface area contributed by atoms with E-state index in [1.165, 1.54) is 276 Å². The molecule has 67 heavy (non-hydrogen) atoms. The molecule has 0 saturated heterocycles. The predicted octanol–water partition coefficient (Wildman–Crippen LogP) is 19.1. The topological polar surface area (TPSA) is 95.9 Å². The number of carbonyl (C=O) groups excluding carboxylic acids is 2. The first kappa shape index (κ1) is 65.9. The van der Waals surface area contributed by atoms with Crippen LogP contribution in [0.5, 0.6) is 0 Å². The lowest BCUT2D eigenvalue weighted by molar-refractivity contribution is -0.143. The number of hydrogen-bond donors (Lipinski definition) is 3. The van der Waals surface area contributed by atoms with Crippen LogP contribution in [-0.2, 0) is 14.3 Å². The molecule has 0 saturated carbocycles. The summed E-state index contributed by atoms with van der Waals surface area (Å²) in [5.74, 6) is -0.0339. The molecule has 0 aliphatic carbocycles. The number of esters is 1. The van der Waals surface area contributed by atoms with Gasteiger partial charge in [0.2, 0.25) is 5.91 Å². The molecule has 0 heterocycles. The van der Waals surface area contributed by atoms with Gasteiger partial charge in [-0.25, -0.2) is 0 Å². The lowest BCUT2D eigenvalue weighted by atomic mass is 10.0. The van der Waals surface area contributed by atoms with Crippen molar-refractivity contribution in [3.05, 3.63) is 0 Å². The Kier molecular flexibility index (Phi) is 56.5. The molecule has 0 rings (SSSR count). The van der Waals surface area contributed by atoms with Gasteiger partial charge in [-0.3, -0.25) is 9.59 Å². The lowest BCUT2D eigenvalue weighted by Crippen LogP contribution is -2.45. The zero-order chi connectivity index (χ0) is 48.6. The number of nitrogens with one attached hydrogen (secondary N) is 1. The van der Waals surface area contributed by atoms with Crippen LogP contribution in [0.3, 0.4) is 0 Å². The van der Waals surface area contributed by atoms with Crippen molar-refractivity contribution in [1.29, 1.82) is 0 Å². The number of amides is 1. The number of carbonyl (C=O) groups is 2. The fraction of sp³-hybridized carbons (Fsp3) is 0.967. The Balaban J connectivity index is 3.41. The Hall–Kier alpha value is -1.14. The van der Waals surface area contributed by atoms with E-state index in [2.05, 4.69) is 19.2 Å². The van der Waals surface area contributed by atoms with E-state index in [9.17, 15) is 19.8 Å². The average Bonchev–Trinajstić information content (AvgIpc) is 3.33. The summed E-state index contributed by atoms with van der Waals surface area (Å²) in [5.41, 5.74) is 0. The molecule has 0 aromatic heterocycles. The third-order valence-corrected chi connectivity index (χ3v) is 14.7. The Morgan fingerprint density at radius 2 is 0.612 bits per heavy atom. The van der Waals surface area contributed by atoms with Gasteiger partial charge in [0, 0.05) is 12.8 Å². The van der Waals surface area contributed by atoms with Crippen LogP contribution in [-0.4, -0.2) is 47.4 Å². The summed E-state index contributed by atoms with van der Waals surface area (Å²) < 4.78 is 5.48. The summed E-state index contributed by atoms with van der Waals surface area (Å²) in [6.07, 6.45) is 66.7. The molecule has 0 aliphatic rings. The van der Waals surface area contributed by atoms with Crippen LogP contribution in [0.15, 0.2) is 0 Å². The van der Waals surface area contributed by atoms with Crippen LogP contribution in [0.25, 0.3) is 0 Å². The van der Waals surface area contributed by atoms with Crippen LogP contribution in [0.4, 0.5) is 0 Å². The quantitative estimate of drug-likeness (QED) is 0.0417. The van der Waals surface area contributed by atoms with Gasteiger partial charge in [-0.1, -0.05) is 316 Å². The third-order valence-electron chi connectivity index (χ3n) is 14.7. The van der Waals surface area contributed by atoms with Gasteiger partial charge in [-0.2, -0.15) is 0 Å². The van der Waals surface area contributed by atoms with E-state index in [4.69, 9.17) is 4.74 Å². The second-order valence-electron chi connectivity index (χ2n) is 21.4. The van der Waals surface area contributed by atoms with Crippen molar-refractivity contribution in [2.24, 2.45) is 0 Å². The molecule has 0 radical (unpaired) electrons. The first-order valence-electron chi connectivity index (χ1n) is 30.8. The highest BCUT2D eigenvalue weighted by molar-refractivity contribution is 5.76. The van der Waals surface area contributed by atoms with Crippen LogP contribution in [0.1, 0.15) is 354 Å². The average molecular weight is 949 g/mol. The van der Waals surface area contributed by atoms with Crippen LogP contribution in [0.2, 0.25) is 0 Å². The van der Waals surface area contributed by atoms with Crippen molar-refractivity contribution >= 4 is 11.9 Å². The Morgan fingerprint density at radius 3 is 0.910 bits per heavy atom. The van der Waals surface area contributed by atoms with Gasteiger partial charge < -0.3 is 20.3 Å². The lowest BCUT2D eigenvalue weighted by Gasteiger charge is -2.22. The molecule has 0 aliphatic heterocycles. The van der Waals surface area contributed by atoms with Crippen molar-refractivity contribution in [3.63, 3.8) is 0 Å². The minimum absolute atomic E-state index is 0.00500. The molecule has 0 spiro atoms. The molecule has 0 fully saturated rings. The number of ether oxygens (including phenoxy) is 1. The maximum Gasteiger partial charge on any atom is 0.305 e. The summed E-state index contributed by atoms with van der Waals surface area (Å²) >= 11 is 0. The molecular weight excluding hydrogens is 827 g/mol. The molecule has 2 unspecified atom stereocenters. The van der Waals surface area contributed by atoms with Gasteiger partial charge >= 0.3 is 5.97 Å². The second kappa shape index (κ2) is 57.4. The molecule has 3 N–H and O–H groups in total. The SMILES string of the molecule is CCCCCCCCCCCCCCCCCCCCCCC(O)C(CO)NC(=O)CCCCCCCCCCCCCCCCCOC(=O)CCCCCCCCCCCCCCCCC. The first-order valence-corrected chi connectivity index (χ1v) is 30.8. The van der Waals surface area contributed by atoms with Gasteiger partial charge in [-0.05, 0) is 25.7 Å². The smallest absolute Gasteiger partial charge is 0.305 e. The number of hydrogen-bond acceptors (Lipinski definition) is 5. The minimum atomic E-state index is -0.669. The normalized spacial score (nSPS) is 12.5. The third kappa shape index (κ3) is 54.0. The highest BCUT2D eigenvalue weighted by Gasteiger charge is 2.20. The van der Waals surface area contributed by atoms with E-state index in [-0.39, 0.29) is 18.5 Å². The van der Waals surface area contributed by atoms with Crippen LogP contribution < -0.4 is 5.32 Å². The molecule has 0 aromatic carbocycles. The van der Waals surface area contributed by atoms with Crippen molar-refractivity contribution in [2.45, 2.75) is 366 Å². The Morgan fingerprint density at radius 1 is 0.358 bits per heavy atom. The van der Waals surface area contributed by atoms with E-state index in [1.54, 1.807) is 0 Å². The standard InChI is InChI=1S/C61H121NO5/c1-3-5-7-9-11-13-15-17-19-20-21-22-23-26-29-33-37-41-45-49-53-59(64)58(57-63)62-60(65)54-50-46-42-38-34-30-27-24-28-32-36-40-44-48-52-56-67-61(66)55-51-47-43-39-35-31-25-18-16-14-12-10-8-6-4-2/h58-59,63-64H,3-57H2,1-2H3,(H,62,65). The molecule has 6 nitrogen and oxygen atoms in total. The fourth-order valence-electron chi connectivity index (χ4n) is 9.94. The van der Waals surface area contributed by atoms with Gasteiger partial charge in [-0.15, -0.1) is 0 Å². The van der Waals surface area contributed by atoms with Crippen molar-refractivity contribution < 1.29 is 24.5 Å². The van der Waals surface area contributed by atoms with Crippen molar-refractivity contribution in [2.75, 3.05) is 13.2 Å². The Bertz CT molecular complexity index is 959. The summed E-state index contributed by atoms with van der Waals surface area (Å²) in [6.45, 7) is 4.97. The van der Waals surface area contributed by atoms with Crippen molar-refractivity contribution in [1.82, 2.24) is 5.32 Å². The first-order chi connectivity index (χ1) is 33.0. The molecule has 400 valence electrons. The molecule has 6 heteroatoms. The zero-order valence-electron chi connectivity index (χ0n) is 45.7. The van der Waals surface area contributed by atoms with Crippen LogP contribution >= 0.6 is 0 Å². The molecule has 1 amide bonds. The number of unbranched alkanes of at least 4 members (excludes halogenated alkanes) is 47. The minimum Gasteiger partial charge on any atom is -0.466 e. The van der Waals surface area contributed by atoms with E-state index in [0.717, 1.165) is 44.9 Å². The maximum atomic E-state index is 12.5. The number of aliphatic hydroxyl groups excluding tert-OH is 2. The fourth-order valence-corrected chi connectivity index (χ4v) is 9.94. The zero-order valence-corrected chi connectivity index (χ0v) is 45.7. The largest absolute Gasteiger partial charge is 0.466 e. The molecular formula is C61H121NO5. The summed E-state index contributed by atoms with van der Waals surface area (Å²) in [4.78, 5) is 24.6. The van der Waals surface area contributed by atoms with E-state index in [0.29, 0.717) is 25.9 Å². The highest BCUT2D eigenvalue weighted by Crippen LogP contribution is 2.18. The summed E-state index contributed by atoms with van der Waals surface area (Å²) in [5, 5.41) is 23.4. The van der Waals surface area contributed by atoms with E-state index < -0.39 is 12.1 Å². The number of aliphatic hydroxyl groups is 2. The maximum absolute atomic E-state index is 12.5. The summed E-state index contributed by atoms with van der Waals surface area (Å²) in [6, 6.07) is -0.547. The summed E-state index contributed by atoms with van der Waals surface area (Å²) in [7, 11) is 0. The van der Waals surface area contributed by atoms with E-state index >= 15 is 0 Å². The van der Waals surface area contributed by atoms with Gasteiger partial charge in [0.25, 0.3) is 0 Å².